The predicted molar refractivity (Wildman–Crippen MR) is 123 cm³/mol. The van der Waals surface area contributed by atoms with E-state index in [9.17, 15) is 0 Å². The van der Waals surface area contributed by atoms with Crippen LogP contribution in [0.15, 0.2) is 29.3 Å². The van der Waals surface area contributed by atoms with Gasteiger partial charge in [0.05, 0.1) is 6.54 Å². The van der Waals surface area contributed by atoms with E-state index in [1.807, 2.05) is 0 Å². The van der Waals surface area contributed by atoms with Crippen LogP contribution in [0.5, 0.6) is 0 Å². The Labute approximate surface area is 176 Å². The van der Waals surface area contributed by atoms with Crippen LogP contribution in [0.2, 0.25) is 0 Å². The topological polar surface area (TPSA) is 42.9 Å². The Morgan fingerprint density at radius 1 is 1.15 bits per heavy atom. The van der Waals surface area contributed by atoms with Crippen molar-refractivity contribution in [1.29, 1.82) is 0 Å². The van der Waals surface area contributed by atoms with Gasteiger partial charge in [0.1, 0.15) is 0 Å². The summed E-state index contributed by atoms with van der Waals surface area (Å²) in [4.78, 5) is 9.72. The molecule has 0 unspecified atom stereocenters. The average molecular weight is 473 g/mol. The van der Waals surface area contributed by atoms with Crippen molar-refractivity contribution in [3.8, 4) is 0 Å². The summed E-state index contributed by atoms with van der Waals surface area (Å²) in [7, 11) is 2.22. The van der Waals surface area contributed by atoms with E-state index in [0.29, 0.717) is 0 Å². The molecule has 0 amide bonds. The van der Waals surface area contributed by atoms with Gasteiger partial charge < -0.3 is 20.4 Å². The van der Waals surface area contributed by atoms with Gasteiger partial charge >= 0.3 is 0 Å². The van der Waals surface area contributed by atoms with Crippen molar-refractivity contribution in [3.63, 3.8) is 0 Å². The second-order valence-corrected chi connectivity index (χ2v) is 6.96. The Kier molecular flexibility index (Phi) is 11.9. The van der Waals surface area contributed by atoms with E-state index in [0.717, 1.165) is 38.6 Å². The molecule has 6 heteroatoms. The Hall–Kier alpha value is -0.860. The van der Waals surface area contributed by atoms with Gasteiger partial charge in [-0.25, -0.2) is 4.99 Å². The van der Waals surface area contributed by atoms with Crippen LogP contribution >= 0.6 is 24.0 Å². The fourth-order valence-corrected chi connectivity index (χ4v) is 3.16. The molecule has 26 heavy (non-hydrogen) atoms. The third-order valence-electron chi connectivity index (χ3n) is 4.60. The third-order valence-corrected chi connectivity index (χ3v) is 4.60. The molecule has 0 spiro atoms. The Balaban J connectivity index is 0.00000338. The highest BCUT2D eigenvalue weighted by atomic mass is 127. The van der Waals surface area contributed by atoms with Crippen LogP contribution in [-0.2, 0) is 6.54 Å². The van der Waals surface area contributed by atoms with Crippen molar-refractivity contribution in [2.75, 3.05) is 52.9 Å². The first-order chi connectivity index (χ1) is 12.2. The summed E-state index contributed by atoms with van der Waals surface area (Å²) in [6, 6.07) is 8.55. The van der Waals surface area contributed by atoms with Gasteiger partial charge in [0, 0.05) is 26.2 Å². The molecular weight excluding hydrogens is 437 g/mol. The lowest BCUT2D eigenvalue weighted by molar-refractivity contribution is 0.274. The number of aliphatic imine (C=N–C) groups is 1. The van der Waals surface area contributed by atoms with Gasteiger partial charge in [-0.2, -0.15) is 0 Å². The molecule has 1 aromatic rings. The lowest BCUT2D eigenvalue weighted by atomic mass is 10.1. The highest BCUT2D eigenvalue weighted by molar-refractivity contribution is 14.0. The Bertz CT molecular complexity index is 535. The van der Waals surface area contributed by atoms with E-state index in [2.05, 4.69) is 65.6 Å². The summed E-state index contributed by atoms with van der Waals surface area (Å²) in [5, 5.41) is 6.81. The second-order valence-electron chi connectivity index (χ2n) is 6.96. The predicted octanol–water partition coefficient (Wildman–Crippen LogP) is 2.70. The lowest BCUT2D eigenvalue weighted by Gasteiger charge is -2.20. The average Bonchev–Trinajstić information content (AvgIpc) is 2.81. The zero-order chi connectivity index (χ0) is 17.9. The van der Waals surface area contributed by atoms with Gasteiger partial charge in [-0.15, -0.1) is 24.0 Å². The van der Waals surface area contributed by atoms with Gasteiger partial charge in [0.2, 0.25) is 0 Å². The molecule has 0 saturated carbocycles. The van der Waals surface area contributed by atoms with E-state index in [-0.39, 0.29) is 24.0 Å². The highest BCUT2D eigenvalue weighted by Crippen LogP contribution is 2.05. The quantitative estimate of drug-likeness (QED) is 0.277. The Morgan fingerprint density at radius 2 is 2.00 bits per heavy atom. The molecule has 0 aromatic heterocycles. The first kappa shape index (κ1) is 23.2. The van der Waals surface area contributed by atoms with Crippen molar-refractivity contribution >= 4 is 29.9 Å². The van der Waals surface area contributed by atoms with Crippen molar-refractivity contribution in [2.45, 2.75) is 33.2 Å². The van der Waals surface area contributed by atoms with Gasteiger partial charge in [-0.1, -0.05) is 29.8 Å². The largest absolute Gasteiger partial charge is 0.357 e. The number of aryl methyl sites for hydroxylation is 1. The number of rotatable bonds is 7. The van der Waals surface area contributed by atoms with E-state index in [4.69, 9.17) is 4.99 Å². The van der Waals surface area contributed by atoms with Crippen LogP contribution in [0.25, 0.3) is 0 Å². The van der Waals surface area contributed by atoms with E-state index < -0.39 is 0 Å². The maximum absolute atomic E-state index is 4.71. The fourth-order valence-electron chi connectivity index (χ4n) is 3.16. The number of benzene rings is 1. The summed E-state index contributed by atoms with van der Waals surface area (Å²) >= 11 is 0. The molecule has 5 nitrogen and oxygen atoms in total. The minimum atomic E-state index is 0. The summed E-state index contributed by atoms with van der Waals surface area (Å²) in [5.41, 5.74) is 2.54. The summed E-state index contributed by atoms with van der Waals surface area (Å²) in [5.74, 6) is 0.916. The molecule has 1 aliphatic heterocycles. The zero-order valence-corrected chi connectivity index (χ0v) is 19.0. The fraction of sp³-hybridized carbons (Fsp3) is 0.650. The summed E-state index contributed by atoms with van der Waals surface area (Å²) in [6.45, 7) is 12.8. The second kappa shape index (κ2) is 13.3. The maximum Gasteiger partial charge on any atom is 0.191 e. The summed E-state index contributed by atoms with van der Waals surface area (Å²) < 4.78 is 0. The molecule has 0 bridgehead atoms. The first-order valence-corrected chi connectivity index (χ1v) is 9.66. The molecule has 1 aromatic carbocycles. The molecule has 2 rings (SSSR count). The highest BCUT2D eigenvalue weighted by Gasteiger charge is 2.11. The third kappa shape index (κ3) is 9.19. The maximum atomic E-state index is 4.71. The number of hydrogen-bond acceptors (Lipinski definition) is 3. The normalized spacial score (nSPS) is 16.7. The number of nitrogens with one attached hydrogen (secondary N) is 2. The molecule has 2 N–H and O–H groups in total. The number of hydrogen-bond donors (Lipinski definition) is 2. The molecule has 148 valence electrons. The Morgan fingerprint density at radius 3 is 2.77 bits per heavy atom. The minimum Gasteiger partial charge on any atom is -0.357 e. The first-order valence-electron chi connectivity index (χ1n) is 9.66. The molecule has 0 atom stereocenters. The summed E-state index contributed by atoms with van der Waals surface area (Å²) in [6.07, 6.45) is 2.43. The van der Waals surface area contributed by atoms with Crippen molar-refractivity contribution in [2.24, 2.45) is 4.99 Å². The van der Waals surface area contributed by atoms with Gasteiger partial charge in [0.15, 0.2) is 5.96 Å². The minimum absolute atomic E-state index is 0. The molecule has 1 heterocycles. The molecule has 0 aliphatic carbocycles. The standard InChI is InChI=1S/C20H35N5.HI/c1-4-21-20(23-17-19-9-5-8-18(2)16-19)22-10-6-12-25-13-7-11-24(3)14-15-25;/h5,8-9,16H,4,6-7,10-15,17H2,1-3H3,(H2,21,22,23);1H. The molecular formula is C20H36IN5. The number of halogens is 1. The number of guanidine groups is 1. The van der Waals surface area contributed by atoms with Crippen molar-refractivity contribution in [3.05, 3.63) is 35.4 Å². The van der Waals surface area contributed by atoms with E-state index in [1.54, 1.807) is 0 Å². The number of nitrogens with zero attached hydrogens (tertiary/aromatic N) is 3. The van der Waals surface area contributed by atoms with Gasteiger partial charge in [-0.3, -0.25) is 0 Å². The monoisotopic (exact) mass is 473 g/mol. The van der Waals surface area contributed by atoms with E-state index >= 15 is 0 Å². The molecule has 1 aliphatic rings. The van der Waals surface area contributed by atoms with Crippen LogP contribution in [-0.4, -0.2) is 68.6 Å². The van der Waals surface area contributed by atoms with Crippen LogP contribution < -0.4 is 10.6 Å². The van der Waals surface area contributed by atoms with E-state index in [1.165, 1.54) is 43.7 Å². The van der Waals surface area contributed by atoms with Gasteiger partial charge in [-0.05, 0) is 58.9 Å². The lowest BCUT2D eigenvalue weighted by Crippen LogP contribution is -2.39. The van der Waals surface area contributed by atoms with Crippen LogP contribution in [0, 0.1) is 6.92 Å². The molecule has 1 fully saturated rings. The smallest absolute Gasteiger partial charge is 0.191 e. The zero-order valence-electron chi connectivity index (χ0n) is 16.6. The van der Waals surface area contributed by atoms with Gasteiger partial charge in [0.25, 0.3) is 0 Å². The molecule has 1 saturated heterocycles. The van der Waals surface area contributed by atoms with Crippen LogP contribution in [0.3, 0.4) is 0 Å². The van der Waals surface area contributed by atoms with Crippen LogP contribution in [0.1, 0.15) is 30.9 Å². The molecule has 0 radical (unpaired) electrons. The SMILES string of the molecule is CCNC(=NCc1cccc(C)c1)NCCCN1CCCN(C)CC1.I. The number of likely N-dealkylation sites (N-methyl/N-ethyl adjacent to an activating group) is 1. The van der Waals surface area contributed by atoms with Crippen LogP contribution in [0.4, 0.5) is 0 Å². The van der Waals surface area contributed by atoms with Crippen molar-refractivity contribution in [1.82, 2.24) is 20.4 Å². The van der Waals surface area contributed by atoms with Crippen molar-refractivity contribution < 1.29 is 0 Å².